The number of carbonyl (C=O) groups excluding carboxylic acids is 2. The molecular weight excluding hydrogens is 477 g/mol. The molecule has 0 atom stereocenters. The maximum absolute atomic E-state index is 13.6. The Bertz CT molecular complexity index is 1390. The number of hydrogen-bond acceptors (Lipinski definition) is 2. The molecule has 2 heterocycles. The van der Waals surface area contributed by atoms with Crippen LogP contribution < -0.4 is 5.32 Å². The summed E-state index contributed by atoms with van der Waals surface area (Å²) in [5.41, 5.74) is 3.43. The predicted molar refractivity (Wildman–Crippen MR) is 139 cm³/mol. The minimum absolute atomic E-state index is 0.0289. The first-order valence-corrected chi connectivity index (χ1v) is 12.5. The van der Waals surface area contributed by atoms with Crippen molar-refractivity contribution in [2.75, 3.05) is 13.1 Å². The number of nitrogens with one attached hydrogen (secondary N) is 1. The van der Waals surface area contributed by atoms with E-state index in [1.165, 1.54) is 12.1 Å². The normalized spacial score (nSPS) is 14.2. The molecule has 5 rings (SSSR count). The largest absolute Gasteiger partial charge is 0.352 e. The zero-order valence-corrected chi connectivity index (χ0v) is 20.5. The molecule has 184 valence electrons. The van der Waals surface area contributed by atoms with E-state index in [-0.39, 0.29) is 23.5 Å². The van der Waals surface area contributed by atoms with Crippen molar-refractivity contribution in [1.82, 2.24) is 14.8 Å². The molecule has 4 aromatic rings. The lowest BCUT2D eigenvalue weighted by molar-refractivity contribution is -0.126. The number of halogens is 2. The number of amides is 2. The Morgan fingerprint density at radius 3 is 2.42 bits per heavy atom. The van der Waals surface area contributed by atoms with Gasteiger partial charge in [0.05, 0.1) is 0 Å². The molecule has 1 aliphatic rings. The molecular formula is C29H27ClFN3O2. The highest BCUT2D eigenvalue weighted by molar-refractivity contribution is 6.30. The number of aromatic nitrogens is 1. The second kappa shape index (κ2) is 10.5. The van der Waals surface area contributed by atoms with Crippen molar-refractivity contribution in [1.29, 1.82) is 0 Å². The van der Waals surface area contributed by atoms with Gasteiger partial charge in [-0.25, -0.2) is 4.39 Å². The highest BCUT2D eigenvalue weighted by Crippen LogP contribution is 2.25. The van der Waals surface area contributed by atoms with Crippen LogP contribution in [0.2, 0.25) is 5.02 Å². The number of hydrogen-bond donors (Lipinski definition) is 1. The first-order valence-electron chi connectivity index (χ1n) is 12.1. The minimum atomic E-state index is -0.318. The Morgan fingerprint density at radius 1 is 0.917 bits per heavy atom. The van der Waals surface area contributed by atoms with E-state index in [9.17, 15) is 14.0 Å². The third-order valence-electron chi connectivity index (χ3n) is 6.79. The van der Waals surface area contributed by atoms with Crippen LogP contribution in [0, 0.1) is 11.7 Å². The molecule has 1 saturated heterocycles. The van der Waals surface area contributed by atoms with Crippen molar-refractivity contribution in [2.24, 2.45) is 5.92 Å². The summed E-state index contributed by atoms with van der Waals surface area (Å²) in [6.45, 7) is 1.88. The standard InChI is InChI=1S/C29H27ClFN3O2/c30-24-10-8-20(9-11-24)19-34-26-7-2-1-5-23(26)17-27(34)29(36)33-14-12-22(13-15-33)28(35)32-18-21-4-3-6-25(31)16-21/h1-11,16-17,22H,12-15,18-19H2,(H,32,35). The van der Waals surface area contributed by atoms with Crippen LogP contribution in [-0.4, -0.2) is 34.4 Å². The summed E-state index contributed by atoms with van der Waals surface area (Å²) in [5, 5.41) is 4.60. The van der Waals surface area contributed by atoms with Crippen molar-refractivity contribution >= 4 is 34.3 Å². The first kappa shape index (κ1) is 24.1. The SMILES string of the molecule is O=C(NCc1cccc(F)c1)C1CCN(C(=O)c2cc3ccccc3n2Cc2ccc(Cl)cc2)CC1. The maximum atomic E-state index is 13.6. The van der Waals surface area contributed by atoms with E-state index in [1.807, 2.05) is 59.5 Å². The van der Waals surface area contributed by atoms with Crippen LogP contribution in [0.25, 0.3) is 10.9 Å². The number of likely N-dealkylation sites (tertiary alicyclic amines) is 1. The number of nitrogens with zero attached hydrogens (tertiary/aromatic N) is 2. The molecule has 1 aromatic heterocycles. The lowest BCUT2D eigenvalue weighted by atomic mass is 9.95. The summed E-state index contributed by atoms with van der Waals surface area (Å²) in [6.07, 6.45) is 1.19. The molecule has 7 heteroatoms. The number of para-hydroxylation sites is 1. The number of carbonyl (C=O) groups is 2. The third-order valence-corrected chi connectivity index (χ3v) is 7.04. The monoisotopic (exact) mass is 503 g/mol. The molecule has 36 heavy (non-hydrogen) atoms. The van der Waals surface area contributed by atoms with E-state index < -0.39 is 0 Å². The fraction of sp³-hybridized carbons (Fsp3) is 0.241. The smallest absolute Gasteiger partial charge is 0.270 e. The summed E-state index contributed by atoms with van der Waals surface area (Å²) in [7, 11) is 0. The number of piperidine rings is 1. The molecule has 3 aromatic carbocycles. The van der Waals surface area contributed by atoms with Crippen molar-refractivity contribution in [3.05, 3.63) is 107 Å². The topological polar surface area (TPSA) is 54.3 Å². The van der Waals surface area contributed by atoms with Gasteiger partial charge in [-0.15, -0.1) is 0 Å². The van der Waals surface area contributed by atoms with Gasteiger partial charge in [0.1, 0.15) is 11.5 Å². The van der Waals surface area contributed by atoms with Crippen LogP contribution in [0.1, 0.15) is 34.5 Å². The molecule has 0 aliphatic carbocycles. The fourth-order valence-electron chi connectivity index (χ4n) is 4.82. The Hall–Kier alpha value is -3.64. The minimum Gasteiger partial charge on any atom is -0.352 e. The maximum Gasteiger partial charge on any atom is 0.270 e. The van der Waals surface area contributed by atoms with Gasteiger partial charge in [0, 0.05) is 48.0 Å². The molecule has 1 N–H and O–H groups in total. The average Bonchev–Trinajstić information content (AvgIpc) is 3.26. The van der Waals surface area contributed by atoms with Crippen molar-refractivity contribution < 1.29 is 14.0 Å². The lowest BCUT2D eigenvalue weighted by Gasteiger charge is -2.31. The van der Waals surface area contributed by atoms with Crippen LogP contribution >= 0.6 is 11.6 Å². The van der Waals surface area contributed by atoms with E-state index in [0.29, 0.717) is 49.7 Å². The zero-order chi connectivity index (χ0) is 25.1. The van der Waals surface area contributed by atoms with Crippen molar-refractivity contribution in [3.8, 4) is 0 Å². The molecule has 0 radical (unpaired) electrons. The van der Waals surface area contributed by atoms with E-state index in [0.717, 1.165) is 22.0 Å². The van der Waals surface area contributed by atoms with Gasteiger partial charge in [-0.3, -0.25) is 9.59 Å². The van der Waals surface area contributed by atoms with Crippen LogP contribution in [0.5, 0.6) is 0 Å². The molecule has 5 nitrogen and oxygen atoms in total. The summed E-state index contributed by atoms with van der Waals surface area (Å²) >= 11 is 6.05. The van der Waals surface area contributed by atoms with Gasteiger partial charge in [-0.05, 0) is 60.4 Å². The van der Waals surface area contributed by atoms with Crippen LogP contribution in [0.15, 0.2) is 78.9 Å². The summed E-state index contributed by atoms with van der Waals surface area (Å²) < 4.78 is 15.4. The Morgan fingerprint density at radius 2 is 1.67 bits per heavy atom. The number of benzene rings is 3. The van der Waals surface area contributed by atoms with E-state index in [1.54, 1.807) is 12.1 Å². The molecule has 0 bridgehead atoms. The van der Waals surface area contributed by atoms with E-state index in [4.69, 9.17) is 11.6 Å². The van der Waals surface area contributed by atoms with Gasteiger partial charge in [-0.1, -0.05) is 54.1 Å². The Balaban J connectivity index is 1.26. The number of fused-ring (bicyclic) bond motifs is 1. The van der Waals surface area contributed by atoms with Crippen molar-refractivity contribution in [3.63, 3.8) is 0 Å². The van der Waals surface area contributed by atoms with E-state index >= 15 is 0 Å². The van der Waals surface area contributed by atoms with Gasteiger partial charge in [-0.2, -0.15) is 0 Å². The molecule has 1 aliphatic heterocycles. The van der Waals surface area contributed by atoms with Gasteiger partial charge >= 0.3 is 0 Å². The highest BCUT2D eigenvalue weighted by Gasteiger charge is 2.29. The summed E-state index contributed by atoms with van der Waals surface area (Å²) in [6, 6.07) is 23.8. The van der Waals surface area contributed by atoms with Gasteiger partial charge < -0.3 is 14.8 Å². The zero-order valence-electron chi connectivity index (χ0n) is 19.8. The molecule has 0 spiro atoms. The predicted octanol–water partition coefficient (Wildman–Crippen LogP) is 5.65. The van der Waals surface area contributed by atoms with Gasteiger partial charge in [0.15, 0.2) is 0 Å². The van der Waals surface area contributed by atoms with Crippen LogP contribution in [-0.2, 0) is 17.9 Å². The molecule has 0 saturated carbocycles. The third kappa shape index (κ3) is 5.29. The van der Waals surface area contributed by atoms with Crippen LogP contribution in [0.4, 0.5) is 4.39 Å². The fourth-order valence-corrected chi connectivity index (χ4v) is 4.94. The molecule has 0 unspecified atom stereocenters. The van der Waals surface area contributed by atoms with Crippen molar-refractivity contribution in [2.45, 2.75) is 25.9 Å². The highest BCUT2D eigenvalue weighted by atomic mass is 35.5. The average molecular weight is 504 g/mol. The summed E-state index contributed by atoms with van der Waals surface area (Å²) in [4.78, 5) is 28.1. The summed E-state index contributed by atoms with van der Waals surface area (Å²) in [5.74, 6) is -0.563. The lowest BCUT2D eigenvalue weighted by Crippen LogP contribution is -2.43. The quantitative estimate of drug-likeness (QED) is 0.369. The van der Waals surface area contributed by atoms with Gasteiger partial charge in [0.25, 0.3) is 5.91 Å². The first-order chi connectivity index (χ1) is 17.5. The van der Waals surface area contributed by atoms with Crippen LogP contribution in [0.3, 0.4) is 0 Å². The number of rotatable bonds is 6. The van der Waals surface area contributed by atoms with E-state index in [2.05, 4.69) is 9.88 Å². The molecule has 1 fully saturated rings. The van der Waals surface area contributed by atoms with Gasteiger partial charge in [0.2, 0.25) is 5.91 Å². The molecule has 2 amide bonds. The Labute approximate surface area is 214 Å². The second-order valence-electron chi connectivity index (χ2n) is 9.22. The second-order valence-corrected chi connectivity index (χ2v) is 9.65. The Kier molecular flexibility index (Phi) is 7.05.